The maximum absolute atomic E-state index is 11.8. The third-order valence-corrected chi connectivity index (χ3v) is 3.87. The van der Waals surface area contributed by atoms with Crippen LogP contribution < -0.4 is 16.4 Å². The number of nitrogens with one attached hydrogen (secondary N) is 2. The van der Waals surface area contributed by atoms with E-state index in [0.717, 1.165) is 32.4 Å². The van der Waals surface area contributed by atoms with E-state index in [9.17, 15) is 9.59 Å². The second-order valence-electron chi connectivity index (χ2n) is 5.52. The van der Waals surface area contributed by atoms with Gasteiger partial charge < -0.3 is 16.4 Å². The number of benzene rings is 1. The molecule has 0 radical (unpaired) electrons. The number of nitriles is 1. The number of urea groups is 1. The van der Waals surface area contributed by atoms with Gasteiger partial charge in [-0.3, -0.25) is 9.69 Å². The van der Waals surface area contributed by atoms with E-state index in [0.29, 0.717) is 17.8 Å². The number of hydrogen-bond donors (Lipinski definition) is 3. The number of carbonyl (C=O) groups excluding carboxylic acids is 2. The standard InChI is InChI=1S/C16H21N5O2/c17-11-12-4-6-13(7-5-12)20-16(23)19-8-2-10-21-9-1-3-14(21)15(18)22/h4-7,14H,1-3,8-10H2,(H2,18,22)(H2,19,20,23)/t14-/m0/s1. The highest BCUT2D eigenvalue weighted by Crippen LogP contribution is 2.16. The van der Waals surface area contributed by atoms with Gasteiger partial charge in [-0.25, -0.2) is 4.79 Å². The van der Waals surface area contributed by atoms with Crippen LogP contribution in [0.2, 0.25) is 0 Å². The van der Waals surface area contributed by atoms with E-state index < -0.39 is 0 Å². The van der Waals surface area contributed by atoms with Gasteiger partial charge in [0.2, 0.25) is 5.91 Å². The van der Waals surface area contributed by atoms with Crippen molar-refractivity contribution in [2.45, 2.75) is 25.3 Å². The topological polar surface area (TPSA) is 111 Å². The summed E-state index contributed by atoms with van der Waals surface area (Å²) in [5, 5.41) is 14.2. The second kappa shape index (κ2) is 8.15. The summed E-state index contributed by atoms with van der Waals surface area (Å²) in [6.07, 6.45) is 2.56. The first-order valence-electron chi connectivity index (χ1n) is 7.68. The molecule has 23 heavy (non-hydrogen) atoms. The molecular weight excluding hydrogens is 294 g/mol. The molecule has 1 saturated heterocycles. The van der Waals surface area contributed by atoms with Crippen LogP contribution >= 0.6 is 0 Å². The lowest BCUT2D eigenvalue weighted by atomic mass is 10.2. The zero-order valence-electron chi connectivity index (χ0n) is 12.9. The van der Waals surface area contributed by atoms with Gasteiger partial charge in [0.05, 0.1) is 17.7 Å². The normalized spacial score (nSPS) is 17.4. The smallest absolute Gasteiger partial charge is 0.319 e. The number of rotatable bonds is 6. The second-order valence-corrected chi connectivity index (χ2v) is 5.52. The molecule has 7 heteroatoms. The summed E-state index contributed by atoms with van der Waals surface area (Å²) in [7, 11) is 0. The quantitative estimate of drug-likeness (QED) is 0.680. The third-order valence-electron chi connectivity index (χ3n) is 3.87. The Kier molecular flexibility index (Phi) is 5.94. The first-order valence-corrected chi connectivity index (χ1v) is 7.68. The van der Waals surface area contributed by atoms with Crippen molar-refractivity contribution < 1.29 is 9.59 Å². The van der Waals surface area contributed by atoms with Crippen molar-refractivity contribution in [2.75, 3.05) is 25.0 Å². The van der Waals surface area contributed by atoms with Crippen LogP contribution in [0.25, 0.3) is 0 Å². The van der Waals surface area contributed by atoms with Gasteiger partial charge in [-0.05, 0) is 50.1 Å². The minimum Gasteiger partial charge on any atom is -0.368 e. The molecule has 4 N–H and O–H groups in total. The van der Waals surface area contributed by atoms with Crippen LogP contribution in [0, 0.1) is 11.3 Å². The molecule has 2 rings (SSSR count). The average Bonchev–Trinajstić information content (AvgIpc) is 3.01. The van der Waals surface area contributed by atoms with E-state index in [1.807, 2.05) is 6.07 Å². The molecule has 7 nitrogen and oxygen atoms in total. The molecule has 0 spiro atoms. The maximum atomic E-state index is 11.8. The molecule has 0 saturated carbocycles. The minimum absolute atomic E-state index is 0.164. The molecule has 0 bridgehead atoms. The summed E-state index contributed by atoms with van der Waals surface area (Å²) in [5.74, 6) is -0.269. The number of carbonyl (C=O) groups is 2. The van der Waals surface area contributed by atoms with Crippen LogP contribution in [0.1, 0.15) is 24.8 Å². The van der Waals surface area contributed by atoms with Crippen LogP contribution in [-0.2, 0) is 4.79 Å². The summed E-state index contributed by atoms with van der Waals surface area (Å²) in [5.41, 5.74) is 6.55. The molecule has 3 amide bonds. The molecule has 1 atom stereocenters. The first-order chi connectivity index (χ1) is 11.1. The number of primary amides is 1. The number of nitrogens with zero attached hydrogens (tertiary/aromatic N) is 2. The Morgan fingerprint density at radius 2 is 2.09 bits per heavy atom. The van der Waals surface area contributed by atoms with Gasteiger partial charge in [-0.15, -0.1) is 0 Å². The largest absolute Gasteiger partial charge is 0.368 e. The predicted octanol–water partition coefficient (Wildman–Crippen LogP) is 1.02. The molecule has 1 aliphatic heterocycles. The number of amides is 3. The minimum atomic E-state index is -0.289. The Labute approximate surface area is 135 Å². The van der Waals surface area contributed by atoms with Crippen molar-refractivity contribution in [3.8, 4) is 6.07 Å². The van der Waals surface area contributed by atoms with Crippen LogP contribution in [0.5, 0.6) is 0 Å². The number of nitrogens with two attached hydrogens (primary N) is 1. The summed E-state index contributed by atoms with van der Waals surface area (Å²) in [4.78, 5) is 25.1. The maximum Gasteiger partial charge on any atom is 0.319 e. The van der Waals surface area contributed by atoms with Gasteiger partial charge in [0, 0.05) is 18.8 Å². The van der Waals surface area contributed by atoms with Gasteiger partial charge in [0.1, 0.15) is 0 Å². The Morgan fingerprint density at radius 3 is 2.74 bits per heavy atom. The molecule has 1 fully saturated rings. The molecule has 122 valence electrons. The number of likely N-dealkylation sites (tertiary alicyclic amines) is 1. The van der Waals surface area contributed by atoms with E-state index in [1.165, 1.54) is 0 Å². The van der Waals surface area contributed by atoms with Gasteiger partial charge in [-0.1, -0.05) is 0 Å². The van der Waals surface area contributed by atoms with Crippen LogP contribution in [0.15, 0.2) is 24.3 Å². The Balaban J connectivity index is 1.66. The van der Waals surface area contributed by atoms with Crippen molar-refractivity contribution in [1.82, 2.24) is 10.2 Å². The van der Waals surface area contributed by atoms with E-state index in [2.05, 4.69) is 15.5 Å². The SMILES string of the molecule is N#Cc1ccc(NC(=O)NCCCN2CCC[C@H]2C(N)=O)cc1. The lowest BCUT2D eigenvalue weighted by Crippen LogP contribution is -2.41. The summed E-state index contributed by atoms with van der Waals surface area (Å²) < 4.78 is 0. The highest BCUT2D eigenvalue weighted by Gasteiger charge is 2.28. The molecule has 1 aromatic rings. The Hall–Kier alpha value is -2.59. The Bertz CT molecular complexity index is 593. The summed E-state index contributed by atoms with van der Waals surface area (Å²) in [6.45, 7) is 2.14. The van der Waals surface area contributed by atoms with Crippen LogP contribution in [-0.4, -0.2) is 42.5 Å². The fourth-order valence-corrected chi connectivity index (χ4v) is 2.70. The number of hydrogen-bond acceptors (Lipinski definition) is 4. The zero-order valence-corrected chi connectivity index (χ0v) is 12.9. The number of anilines is 1. The zero-order chi connectivity index (χ0) is 16.7. The van der Waals surface area contributed by atoms with Gasteiger partial charge >= 0.3 is 6.03 Å². The van der Waals surface area contributed by atoms with Gasteiger partial charge in [0.25, 0.3) is 0 Å². The van der Waals surface area contributed by atoms with E-state index in [1.54, 1.807) is 24.3 Å². The summed E-state index contributed by atoms with van der Waals surface area (Å²) >= 11 is 0. The Morgan fingerprint density at radius 1 is 1.35 bits per heavy atom. The molecule has 1 aromatic carbocycles. The van der Waals surface area contributed by atoms with Gasteiger partial charge in [0.15, 0.2) is 0 Å². The van der Waals surface area contributed by atoms with Crippen molar-refractivity contribution in [3.63, 3.8) is 0 Å². The van der Waals surface area contributed by atoms with E-state index >= 15 is 0 Å². The molecule has 0 unspecified atom stereocenters. The lowest BCUT2D eigenvalue weighted by molar-refractivity contribution is -0.122. The van der Waals surface area contributed by atoms with Crippen molar-refractivity contribution in [2.24, 2.45) is 5.73 Å². The average molecular weight is 315 g/mol. The fourth-order valence-electron chi connectivity index (χ4n) is 2.70. The monoisotopic (exact) mass is 315 g/mol. The van der Waals surface area contributed by atoms with Crippen LogP contribution in [0.3, 0.4) is 0 Å². The van der Waals surface area contributed by atoms with Gasteiger partial charge in [-0.2, -0.15) is 5.26 Å². The molecular formula is C16H21N5O2. The highest BCUT2D eigenvalue weighted by atomic mass is 16.2. The van der Waals surface area contributed by atoms with Crippen molar-refractivity contribution in [3.05, 3.63) is 29.8 Å². The molecule has 1 heterocycles. The summed E-state index contributed by atoms with van der Waals surface area (Å²) in [6, 6.07) is 8.22. The van der Waals surface area contributed by atoms with Crippen molar-refractivity contribution in [1.29, 1.82) is 5.26 Å². The first kappa shape index (κ1) is 16.8. The third kappa shape index (κ3) is 4.97. The lowest BCUT2D eigenvalue weighted by Gasteiger charge is -2.21. The van der Waals surface area contributed by atoms with Crippen LogP contribution in [0.4, 0.5) is 10.5 Å². The van der Waals surface area contributed by atoms with Crippen molar-refractivity contribution >= 4 is 17.6 Å². The van der Waals surface area contributed by atoms with E-state index in [-0.39, 0.29) is 18.0 Å². The fraction of sp³-hybridized carbons (Fsp3) is 0.438. The highest BCUT2D eigenvalue weighted by molar-refractivity contribution is 5.89. The van der Waals surface area contributed by atoms with E-state index in [4.69, 9.17) is 11.0 Å². The molecule has 1 aliphatic rings. The molecule has 0 aromatic heterocycles. The predicted molar refractivity (Wildman–Crippen MR) is 86.6 cm³/mol. The molecule has 0 aliphatic carbocycles.